The second kappa shape index (κ2) is 13.8. The average Bonchev–Trinajstić information content (AvgIpc) is 3.56. The molecule has 0 unspecified atom stereocenters. The van der Waals surface area contributed by atoms with Gasteiger partial charge >= 0.3 is 6.09 Å². The number of aromatic amines is 1. The first-order valence-corrected chi connectivity index (χ1v) is 14.6. The molecule has 7 N–H and O–H groups in total. The van der Waals surface area contributed by atoms with Crippen LogP contribution in [0.1, 0.15) is 36.8 Å². The normalized spacial score (nSPS) is 16.9. The number of hydrogen-bond acceptors (Lipinski definition) is 7. The summed E-state index contributed by atoms with van der Waals surface area (Å²) >= 11 is 0. The maximum atomic E-state index is 13.6. The molecule has 1 aliphatic carbocycles. The fourth-order valence-electron chi connectivity index (χ4n) is 5.64. The summed E-state index contributed by atoms with van der Waals surface area (Å²) in [5.41, 5.74) is 12.0. The van der Waals surface area contributed by atoms with Gasteiger partial charge in [0.1, 0.15) is 6.04 Å². The fourth-order valence-corrected chi connectivity index (χ4v) is 5.64. The van der Waals surface area contributed by atoms with E-state index in [0.29, 0.717) is 43.0 Å². The smallest absolute Gasteiger partial charge is 0.404 e. The Kier molecular flexibility index (Phi) is 9.48. The van der Waals surface area contributed by atoms with Crippen molar-refractivity contribution in [1.29, 1.82) is 0 Å². The Balaban J connectivity index is 1.28. The first-order valence-electron chi connectivity index (χ1n) is 14.6. The molecule has 0 aliphatic heterocycles. The van der Waals surface area contributed by atoms with Crippen molar-refractivity contribution in [2.24, 2.45) is 11.8 Å². The van der Waals surface area contributed by atoms with Gasteiger partial charge in [-0.3, -0.25) is 9.59 Å². The number of nitrogen functional groups attached to an aromatic ring is 1. The van der Waals surface area contributed by atoms with Crippen LogP contribution < -0.4 is 21.7 Å². The molecular formula is C32H36N8O4. The number of nitrogens with one attached hydrogen (secondary N) is 4. The topological polar surface area (TPSA) is 188 Å². The highest BCUT2D eigenvalue weighted by Crippen LogP contribution is 2.29. The number of aryl methyl sites for hydroxylation is 1. The Bertz CT molecular complexity index is 1580. The highest BCUT2D eigenvalue weighted by Gasteiger charge is 2.30. The molecule has 1 aliphatic rings. The predicted octanol–water partition coefficient (Wildman–Crippen LogP) is 4.16. The monoisotopic (exact) mass is 596 g/mol. The van der Waals surface area contributed by atoms with E-state index in [1.54, 1.807) is 24.3 Å². The molecule has 1 heterocycles. The van der Waals surface area contributed by atoms with Crippen LogP contribution in [0.15, 0.2) is 66.7 Å². The molecule has 1 fully saturated rings. The molecule has 0 bridgehead atoms. The predicted molar refractivity (Wildman–Crippen MR) is 166 cm³/mol. The lowest BCUT2D eigenvalue weighted by Gasteiger charge is -2.29. The molecule has 3 aromatic carbocycles. The van der Waals surface area contributed by atoms with Crippen LogP contribution in [-0.4, -0.2) is 56.2 Å². The number of carbonyl (C=O) groups is 3. The first-order chi connectivity index (χ1) is 21.2. The van der Waals surface area contributed by atoms with E-state index in [2.05, 4.69) is 36.6 Å². The summed E-state index contributed by atoms with van der Waals surface area (Å²) in [6, 6.07) is 20.0. The van der Waals surface area contributed by atoms with Crippen LogP contribution in [0.4, 0.5) is 16.2 Å². The number of carbonyl (C=O) groups excluding carboxylic acids is 2. The van der Waals surface area contributed by atoms with E-state index >= 15 is 0 Å². The molecule has 44 heavy (non-hydrogen) atoms. The number of aromatic nitrogens is 4. The lowest BCUT2D eigenvalue weighted by molar-refractivity contribution is -0.130. The zero-order valence-electron chi connectivity index (χ0n) is 24.4. The minimum atomic E-state index is -1.04. The third-order valence-corrected chi connectivity index (χ3v) is 8.10. The van der Waals surface area contributed by atoms with E-state index in [1.165, 1.54) is 0 Å². The minimum absolute atomic E-state index is 0.170. The summed E-state index contributed by atoms with van der Waals surface area (Å²) in [6.45, 7) is 2.40. The zero-order valence-corrected chi connectivity index (χ0v) is 24.4. The molecule has 0 saturated heterocycles. The number of carboxylic acid groups (broad SMARTS) is 1. The summed E-state index contributed by atoms with van der Waals surface area (Å²) in [4.78, 5) is 37.8. The molecule has 5 rings (SSSR count). The van der Waals surface area contributed by atoms with E-state index in [0.717, 1.165) is 40.7 Å². The maximum Gasteiger partial charge on any atom is 0.404 e. The Hall–Kier alpha value is -5.26. The number of anilines is 2. The largest absolute Gasteiger partial charge is 0.465 e. The summed E-state index contributed by atoms with van der Waals surface area (Å²) in [5.74, 6) is -0.0942. The summed E-state index contributed by atoms with van der Waals surface area (Å²) in [5, 5.41) is 31.2. The molecule has 0 radical (unpaired) electrons. The van der Waals surface area contributed by atoms with Gasteiger partial charge in [0.25, 0.3) is 0 Å². The standard InChI is InChI=1S/C32H36N8O4/c1-19-16-25(33)12-15-27(19)22-6-2-20(3-7-22)17-28(36-30(41)24-8-4-21(5-9-24)18-34-32(43)44)31(42)35-26-13-10-23(11-14-26)29-37-39-40-38-29/h2-3,6-7,10-16,21,24,28,34H,4-5,8-9,17-18,33H2,1H3,(H,35,42)(H,36,41)(H,43,44)(H,37,38,39,40)/t21-,24-,28-/m0/s1. The first kappa shape index (κ1) is 30.2. The van der Waals surface area contributed by atoms with Crippen LogP contribution in [0.5, 0.6) is 0 Å². The van der Waals surface area contributed by atoms with Gasteiger partial charge in [0.05, 0.1) is 0 Å². The van der Waals surface area contributed by atoms with Gasteiger partial charge in [-0.25, -0.2) is 4.79 Å². The highest BCUT2D eigenvalue weighted by molar-refractivity contribution is 5.97. The van der Waals surface area contributed by atoms with E-state index < -0.39 is 12.1 Å². The van der Waals surface area contributed by atoms with Crippen molar-refractivity contribution in [1.82, 2.24) is 31.3 Å². The van der Waals surface area contributed by atoms with Gasteiger partial charge in [0, 0.05) is 35.8 Å². The molecule has 1 atom stereocenters. The van der Waals surface area contributed by atoms with Crippen molar-refractivity contribution in [2.75, 3.05) is 17.6 Å². The van der Waals surface area contributed by atoms with Crippen LogP contribution in [0.3, 0.4) is 0 Å². The molecule has 4 aromatic rings. The van der Waals surface area contributed by atoms with Crippen molar-refractivity contribution in [3.05, 3.63) is 77.9 Å². The number of H-pyrrole nitrogens is 1. The molecule has 3 amide bonds. The summed E-state index contributed by atoms with van der Waals surface area (Å²) < 4.78 is 0. The molecule has 1 aromatic heterocycles. The molecule has 228 valence electrons. The zero-order chi connectivity index (χ0) is 31.1. The second-order valence-corrected chi connectivity index (χ2v) is 11.2. The third kappa shape index (κ3) is 7.77. The second-order valence-electron chi connectivity index (χ2n) is 11.2. The van der Waals surface area contributed by atoms with Crippen LogP contribution in [0.2, 0.25) is 0 Å². The van der Waals surface area contributed by atoms with E-state index in [4.69, 9.17) is 10.8 Å². The molecule has 12 heteroatoms. The maximum absolute atomic E-state index is 13.6. The highest BCUT2D eigenvalue weighted by atomic mass is 16.4. The Morgan fingerprint density at radius 1 is 0.977 bits per heavy atom. The van der Waals surface area contributed by atoms with Gasteiger partial charge in [0.15, 0.2) is 0 Å². The van der Waals surface area contributed by atoms with Gasteiger partial charge < -0.3 is 26.8 Å². The number of rotatable bonds is 10. The Labute approximate surface area is 254 Å². The van der Waals surface area contributed by atoms with Gasteiger partial charge in [-0.2, -0.15) is 5.21 Å². The summed E-state index contributed by atoms with van der Waals surface area (Å²) in [6.07, 6.45) is 2.03. The molecule has 0 spiro atoms. The van der Waals surface area contributed by atoms with Crippen LogP contribution >= 0.6 is 0 Å². The number of amides is 3. The third-order valence-electron chi connectivity index (χ3n) is 8.10. The quantitative estimate of drug-likeness (QED) is 0.147. The average molecular weight is 597 g/mol. The number of nitrogens with two attached hydrogens (primary N) is 1. The number of hydrogen-bond donors (Lipinski definition) is 6. The Morgan fingerprint density at radius 2 is 1.68 bits per heavy atom. The van der Waals surface area contributed by atoms with Gasteiger partial charge in [0.2, 0.25) is 17.6 Å². The lowest BCUT2D eigenvalue weighted by Crippen LogP contribution is -2.48. The molecular weight excluding hydrogens is 560 g/mol. The van der Waals surface area contributed by atoms with Crippen molar-refractivity contribution >= 4 is 29.3 Å². The van der Waals surface area contributed by atoms with Gasteiger partial charge in [-0.1, -0.05) is 30.3 Å². The molecule has 1 saturated carbocycles. The lowest BCUT2D eigenvalue weighted by atomic mass is 9.81. The van der Waals surface area contributed by atoms with E-state index in [1.807, 2.05) is 49.4 Å². The van der Waals surface area contributed by atoms with Crippen molar-refractivity contribution in [2.45, 2.75) is 45.1 Å². The van der Waals surface area contributed by atoms with Crippen molar-refractivity contribution in [3.63, 3.8) is 0 Å². The van der Waals surface area contributed by atoms with Crippen molar-refractivity contribution < 1.29 is 19.5 Å². The fraction of sp³-hybridized carbons (Fsp3) is 0.312. The SMILES string of the molecule is Cc1cc(N)ccc1-c1ccc(C[C@H](NC(=O)[C@H]2CC[C@H](CNC(=O)O)CC2)C(=O)Nc2ccc(-c3nn[nH]n3)cc2)cc1. The van der Waals surface area contributed by atoms with Crippen LogP contribution in [0.25, 0.3) is 22.5 Å². The summed E-state index contributed by atoms with van der Waals surface area (Å²) in [7, 11) is 0. The van der Waals surface area contributed by atoms with E-state index in [9.17, 15) is 14.4 Å². The number of benzene rings is 3. The minimum Gasteiger partial charge on any atom is -0.465 e. The van der Waals surface area contributed by atoms with Gasteiger partial charge in [-0.05, 0) is 102 Å². The Morgan fingerprint density at radius 3 is 2.32 bits per heavy atom. The molecule has 12 nitrogen and oxygen atoms in total. The number of tetrazole rings is 1. The van der Waals surface area contributed by atoms with Crippen molar-refractivity contribution in [3.8, 4) is 22.5 Å². The van der Waals surface area contributed by atoms with E-state index in [-0.39, 0.29) is 23.7 Å². The van der Waals surface area contributed by atoms with Crippen LogP contribution in [0, 0.1) is 18.8 Å². The van der Waals surface area contributed by atoms with Crippen LogP contribution in [-0.2, 0) is 16.0 Å². The number of nitrogens with zero attached hydrogens (tertiary/aromatic N) is 3. The van der Waals surface area contributed by atoms with Gasteiger partial charge in [-0.15, -0.1) is 10.2 Å².